The second-order valence-corrected chi connectivity index (χ2v) is 5.40. The first-order valence-electron chi connectivity index (χ1n) is 5.96. The Balaban J connectivity index is 1.66. The largest absolute Gasteiger partial charge is 0.344 e. The van der Waals surface area contributed by atoms with Gasteiger partial charge in [-0.05, 0) is 31.4 Å². The van der Waals surface area contributed by atoms with Gasteiger partial charge in [-0.2, -0.15) is 0 Å². The maximum atomic E-state index is 2.54. The van der Waals surface area contributed by atoms with Gasteiger partial charge in [-0.1, -0.05) is 18.2 Å². The van der Waals surface area contributed by atoms with Crippen molar-refractivity contribution in [1.82, 2.24) is 0 Å². The first-order chi connectivity index (χ1) is 7.45. The lowest BCUT2D eigenvalue weighted by atomic mass is 10.0. The molecular formula is C13H20NS+. The minimum absolute atomic E-state index is 0.898. The number of quaternary nitrogens is 1. The zero-order chi connectivity index (χ0) is 10.3. The summed E-state index contributed by atoms with van der Waals surface area (Å²) in [5, 5.41) is 2.54. The van der Waals surface area contributed by atoms with E-state index in [1.807, 2.05) is 11.8 Å². The van der Waals surface area contributed by atoms with Gasteiger partial charge >= 0.3 is 0 Å². The zero-order valence-electron chi connectivity index (χ0n) is 9.19. The normalized spacial score (nSPS) is 21.5. The molecule has 0 radical (unpaired) electrons. The van der Waals surface area contributed by atoms with Crippen LogP contribution in [-0.2, 0) is 0 Å². The van der Waals surface area contributed by atoms with Crippen molar-refractivity contribution < 1.29 is 5.32 Å². The molecular weight excluding hydrogens is 202 g/mol. The van der Waals surface area contributed by atoms with Gasteiger partial charge in [-0.3, -0.25) is 0 Å². The topological polar surface area (TPSA) is 16.6 Å². The maximum Gasteiger partial charge on any atom is 0.0867 e. The molecule has 2 rings (SSSR count). The second kappa shape index (κ2) is 6.19. The Hall–Kier alpha value is -0.470. The molecule has 1 aromatic rings. The van der Waals surface area contributed by atoms with Crippen LogP contribution in [0.3, 0.4) is 0 Å². The van der Waals surface area contributed by atoms with E-state index in [0.717, 1.165) is 6.04 Å². The van der Waals surface area contributed by atoms with Gasteiger partial charge in [0, 0.05) is 17.1 Å². The predicted octanol–water partition coefficient (Wildman–Crippen LogP) is 2.28. The fraction of sp³-hybridized carbons (Fsp3) is 0.538. The lowest BCUT2D eigenvalue weighted by molar-refractivity contribution is -0.697. The summed E-state index contributed by atoms with van der Waals surface area (Å²) in [6.45, 7) is 1.35. The quantitative estimate of drug-likeness (QED) is 0.773. The van der Waals surface area contributed by atoms with Gasteiger partial charge in [0.2, 0.25) is 0 Å². The minimum Gasteiger partial charge on any atom is -0.344 e. The molecule has 15 heavy (non-hydrogen) atoms. The van der Waals surface area contributed by atoms with Crippen molar-refractivity contribution >= 4 is 11.8 Å². The third kappa shape index (κ3) is 3.88. The molecule has 1 heterocycles. The number of benzene rings is 1. The van der Waals surface area contributed by atoms with Crippen LogP contribution in [0.15, 0.2) is 35.2 Å². The summed E-state index contributed by atoms with van der Waals surface area (Å²) in [4.78, 5) is 1.41. The van der Waals surface area contributed by atoms with E-state index in [4.69, 9.17) is 0 Å². The van der Waals surface area contributed by atoms with Crippen LogP contribution < -0.4 is 5.32 Å². The summed E-state index contributed by atoms with van der Waals surface area (Å²) in [6, 6.07) is 11.6. The Morgan fingerprint density at radius 1 is 1.20 bits per heavy atom. The van der Waals surface area contributed by atoms with E-state index in [2.05, 4.69) is 35.6 Å². The highest BCUT2D eigenvalue weighted by Crippen LogP contribution is 2.19. The third-order valence-electron chi connectivity index (χ3n) is 3.03. The molecule has 2 N–H and O–H groups in total. The van der Waals surface area contributed by atoms with Gasteiger partial charge in [0.15, 0.2) is 0 Å². The molecule has 0 unspecified atom stereocenters. The van der Waals surface area contributed by atoms with Gasteiger partial charge in [0.05, 0.1) is 12.6 Å². The standard InChI is InChI=1S/C13H19NS/c1-2-7-13(8-3-1)15-11-9-12-6-4-5-10-14-12/h1-3,7-8,12,14H,4-6,9-11H2/p+1/t12-/m0/s1. The van der Waals surface area contributed by atoms with E-state index in [1.165, 1.54) is 42.9 Å². The van der Waals surface area contributed by atoms with Crippen LogP contribution in [-0.4, -0.2) is 18.3 Å². The molecule has 1 saturated heterocycles. The van der Waals surface area contributed by atoms with E-state index in [9.17, 15) is 0 Å². The summed E-state index contributed by atoms with van der Waals surface area (Å²) in [5.41, 5.74) is 0. The van der Waals surface area contributed by atoms with Crippen LogP contribution in [0, 0.1) is 0 Å². The lowest BCUT2D eigenvalue weighted by Crippen LogP contribution is -2.91. The minimum atomic E-state index is 0.898. The summed E-state index contributed by atoms with van der Waals surface area (Å²) in [5.74, 6) is 1.27. The summed E-state index contributed by atoms with van der Waals surface area (Å²) >= 11 is 1.99. The number of nitrogens with two attached hydrogens (primary N) is 1. The molecule has 2 heteroatoms. The average molecular weight is 222 g/mol. The number of hydrogen-bond donors (Lipinski definition) is 1. The van der Waals surface area contributed by atoms with Crippen molar-refractivity contribution in [2.24, 2.45) is 0 Å². The van der Waals surface area contributed by atoms with Crippen LogP contribution in [0.4, 0.5) is 0 Å². The van der Waals surface area contributed by atoms with Gasteiger partial charge in [-0.15, -0.1) is 11.8 Å². The van der Waals surface area contributed by atoms with Crippen molar-refractivity contribution in [3.63, 3.8) is 0 Å². The van der Waals surface area contributed by atoms with Crippen molar-refractivity contribution in [1.29, 1.82) is 0 Å². The molecule has 1 nitrogen and oxygen atoms in total. The number of rotatable bonds is 4. The van der Waals surface area contributed by atoms with Gasteiger partial charge in [-0.25, -0.2) is 0 Å². The highest BCUT2D eigenvalue weighted by molar-refractivity contribution is 7.99. The molecule has 1 aromatic carbocycles. The van der Waals surface area contributed by atoms with Crippen LogP contribution in [0.5, 0.6) is 0 Å². The third-order valence-corrected chi connectivity index (χ3v) is 4.07. The SMILES string of the molecule is c1ccc(SCC[C@@H]2CCCC[NH2+]2)cc1. The molecule has 0 aromatic heterocycles. The van der Waals surface area contributed by atoms with E-state index in [1.54, 1.807) is 0 Å². The smallest absolute Gasteiger partial charge is 0.0867 e. The van der Waals surface area contributed by atoms with Crippen LogP contribution in [0.25, 0.3) is 0 Å². The van der Waals surface area contributed by atoms with Crippen LogP contribution >= 0.6 is 11.8 Å². The molecule has 0 spiro atoms. The van der Waals surface area contributed by atoms with Crippen molar-refractivity contribution in [3.8, 4) is 0 Å². The number of thioether (sulfide) groups is 1. The van der Waals surface area contributed by atoms with Gasteiger partial charge < -0.3 is 5.32 Å². The maximum absolute atomic E-state index is 2.54. The van der Waals surface area contributed by atoms with Gasteiger partial charge in [0.1, 0.15) is 0 Å². The predicted molar refractivity (Wildman–Crippen MR) is 66.2 cm³/mol. The second-order valence-electron chi connectivity index (χ2n) is 4.23. The average Bonchev–Trinajstić information content (AvgIpc) is 2.32. The van der Waals surface area contributed by atoms with E-state index in [0.29, 0.717) is 0 Å². The molecule has 0 amide bonds. The fourth-order valence-electron chi connectivity index (χ4n) is 2.13. The molecule has 0 aliphatic carbocycles. The molecule has 1 atom stereocenters. The highest BCUT2D eigenvalue weighted by Gasteiger charge is 2.15. The molecule has 0 saturated carbocycles. The molecule has 82 valence electrons. The first-order valence-corrected chi connectivity index (χ1v) is 6.95. The summed E-state index contributed by atoms with van der Waals surface area (Å²) in [6.07, 6.45) is 5.65. The Bertz CT molecular complexity index is 267. The molecule has 0 bridgehead atoms. The van der Waals surface area contributed by atoms with Crippen LogP contribution in [0.2, 0.25) is 0 Å². The van der Waals surface area contributed by atoms with E-state index < -0.39 is 0 Å². The number of piperidine rings is 1. The first kappa shape index (κ1) is 11.0. The zero-order valence-corrected chi connectivity index (χ0v) is 10.0. The molecule has 1 fully saturated rings. The molecule has 1 aliphatic rings. The molecule has 1 aliphatic heterocycles. The summed E-state index contributed by atoms with van der Waals surface area (Å²) < 4.78 is 0. The van der Waals surface area contributed by atoms with Crippen molar-refractivity contribution in [2.75, 3.05) is 12.3 Å². The monoisotopic (exact) mass is 222 g/mol. The summed E-state index contributed by atoms with van der Waals surface area (Å²) in [7, 11) is 0. The van der Waals surface area contributed by atoms with Crippen molar-refractivity contribution in [3.05, 3.63) is 30.3 Å². The Morgan fingerprint density at radius 3 is 2.80 bits per heavy atom. The van der Waals surface area contributed by atoms with Crippen LogP contribution in [0.1, 0.15) is 25.7 Å². The van der Waals surface area contributed by atoms with E-state index >= 15 is 0 Å². The van der Waals surface area contributed by atoms with Gasteiger partial charge in [0.25, 0.3) is 0 Å². The Labute approximate surface area is 96.7 Å². The Kier molecular flexibility index (Phi) is 4.55. The van der Waals surface area contributed by atoms with Crippen molar-refractivity contribution in [2.45, 2.75) is 36.6 Å². The Morgan fingerprint density at radius 2 is 2.07 bits per heavy atom. The number of hydrogen-bond acceptors (Lipinski definition) is 1. The van der Waals surface area contributed by atoms with E-state index in [-0.39, 0.29) is 0 Å². The lowest BCUT2D eigenvalue weighted by Gasteiger charge is -2.19. The highest BCUT2D eigenvalue weighted by atomic mass is 32.2. The fourth-order valence-corrected chi connectivity index (χ4v) is 3.14.